The van der Waals surface area contributed by atoms with Crippen LogP contribution in [0.2, 0.25) is 0 Å². The Labute approximate surface area is 90.8 Å². The Kier molecular flexibility index (Phi) is 3.03. The van der Waals surface area contributed by atoms with Crippen LogP contribution in [0.4, 0.5) is 5.69 Å². The lowest BCUT2D eigenvalue weighted by Crippen LogP contribution is -1.98. The van der Waals surface area contributed by atoms with Gasteiger partial charge in [-0.3, -0.25) is 0 Å². The Morgan fingerprint density at radius 1 is 0.867 bits per heavy atom. The van der Waals surface area contributed by atoms with Gasteiger partial charge >= 0.3 is 0 Å². The fraction of sp³-hybridized carbons (Fsp3) is 0.0714. The highest BCUT2D eigenvalue weighted by atomic mass is 14.9. The number of para-hydroxylation sites is 1. The van der Waals surface area contributed by atoms with E-state index in [0.717, 1.165) is 5.69 Å². The first kappa shape index (κ1) is 9.78. The predicted octanol–water partition coefficient (Wildman–Crippen LogP) is 3.60. The van der Waals surface area contributed by atoms with Gasteiger partial charge in [-0.05, 0) is 18.6 Å². The molecule has 1 N–H and O–H groups in total. The number of benzene rings is 2. The summed E-state index contributed by atoms with van der Waals surface area (Å²) >= 11 is 0. The van der Waals surface area contributed by atoms with Crippen molar-refractivity contribution in [2.45, 2.75) is 0 Å². The number of anilines is 1. The molecule has 1 radical (unpaired) electrons. The molecule has 1 nitrogen and oxygen atoms in total. The summed E-state index contributed by atoms with van der Waals surface area (Å²) < 4.78 is 0. The van der Waals surface area contributed by atoms with Crippen LogP contribution in [0.5, 0.6) is 0 Å². The van der Waals surface area contributed by atoms with Crippen molar-refractivity contribution in [3.05, 3.63) is 61.5 Å². The van der Waals surface area contributed by atoms with Gasteiger partial charge in [0.25, 0.3) is 0 Å². The first-order valence-electron chi connectivity index (χ1n) is 5.09. The second-order valence-electron chi connectivity index (χ2n) is 3.34. The predicted molar refractivity (Wildman–Crippen MR) is 65.7 cm³/mol. The Balaban J connectivity index is 2.43. The molecule has 2 rings (SSSR count). The molecule has 0 aliphatic heterocycles. The molecular weight excluding hydrogens is 182 g/mol. The lowest BCUT2D eigenvalue weighted by atomic mass is 10.0. The van der Waals surface area contributed by atoms with Gasteiger partial charge in [0.1, 0.15) is 0 Å². The second-order valence-corrected chi connectivity index (χ2v) is 3.34. The smallest absolute Gasteiger partial charge is 0.0419 e. The van der Waals surface area contributed by atoms with Gasteiger partial charge in [0.05, 0.1) is 0 Å². The zero-order valence-corrected chi connectivity index (χ0v) is 8.61. The van der Waals surface area contributed by atoms with Crippen LogP contribution in [0.25, 0.3) is 11.1 Å². The molecule has 75 valence electrons. The summed E-state index contributed by atoms with van der Waals surface area (Å²) in [4.78, 5) is 0. The van der Waals surface area contributed by atoms with E-state index < -0.39 is 0 Å². The minimum absolute atomic E-state index is 0.698. The van der Waals surface area contributed by atoms with Gasteiger partial charge in [-0.2, -0.15) is 0 Å². The molecule has 0 saturated heterocycles. The zero-order chi connectivity index (χ0) is 10.5. The van der Waals surface area contributed by atoms with Crippen LogP contribution in [-0.4, -0.2) is 6.54 Å². The van der Waals surface area contributed by atoms with E-state index in [4.69, 9.17) is 0 Å². The molecule has 2 aromatic rings. The van der Waals surface area contributed by atoms with Crippen molar-refractivity contribution < 1.29 is 0 Å². The summed E-state index contributed by atoms with van der Waals surface area (Å²) in [7, 11) is 0. The fourth-order valence-electron chi connectivity index (χ4n) is 1.64. The molecule has 0 fully saturated rings. The normalized spacial score (nSPS) is 9.93. The van der Waals surface area contributed by atoms with Crippen LogP contribution in [0.15, 0.2) is 54.6 Å². The highest BCUT2D eigenvalue weighted by Gasteiger charge is 2.01. The van der Waals surface area contributed by atoms with Gasteiger partial charge in [0, 0.05) is 17.8 Å². The van der Waals surface area contributed by atoms with Crippen molar-refractivity contribution in [3.63, 3.8) is 0 Å². The van der Waals surface area contributed by atoms with Gasteiger partial charge < -0.3 is 5.32 Å². The third-order valence-corrected chi connectivity index (χ3v) is 2.33. The van der Waals surface area contributed by atoms with Gasteiger partial charge in [-0.25, -0.2) is 0 Å². The number of hydrogen-bond donors (Lipinski definition) is 1. The molecule has 0 amide bonds. The van der Waals surface area contributed by atoms with E-state index in [1.165, 1.54) is 11.1 Å². The van der Waals surface area contributed by atoms with Gasteiger partial charge in [-0.15, -0.1) is 0 Å². The van der Waals surface area contributed by atoms with Crippen molar-refractivity contribution >= 4 is 5.69 Å². The summed E-state index contributed by atoms with van der Waals surface area (Å²) in [5.41, 5.74) is 3.59. The highest BCUT2D eigenvalue weighted by molar-refractivity contribution is 5.77. The Morgan fingerprint density at radius 3 is 2.27 bits per heavy atom. The molecule has 2 aromatic carbocycles. The molecule has 0 aliphatic rings. The average molecular weight is 196 g/mol. The van der Waals surface area contributed by atoms with E-state index >= 15 is 0 Å². The summed E-state index contributed by atoms with van der Waals surface area (Å²) in [6, 6.07) is 18.6. The van der Waals surface area contributed by atoms with E-state index in [1.807, 2.05) is 12.1 Å². The maximum atomic E-state index is 3.80. The van der Waals surface area contributed by atoms with Gasteiger partial charge in [0.15, 0.2) is 0 Å². The van der Waals surface area contributed by atoms with Crippen LogP contribution < -0.4 is 5.32 Å². The lowest BCUT2D eigenvalue weighted by Gasteiger charge is -2.10. The maximum Gasteiger partial charge on any atom is 0.0419 e. The fourth-order valence-corrected chi connectivity index (χ4v) is 1.64. The lowest BCUT2D eigenvalue weighted by molar-refractivity contribution is 1.34. The number of rotatable bonds is 3. The summed E-state index contributed by atoms with van der Waals surface area (Å²) in [5.74, 6) is 0. The largest absolute Gasteiger partial charge is 0.385 e. The highest BCUT2D eigenvalue weighted by Crippen LogP contribution is 2.27. The first-order valence-corrected chi connectivity index (χ1v) is 5.09. The van der Waals surface area contributed by atoms with E-state index in [-0.39, 0.29) is 0 Å². The van der Waals surface area contributed by atoms with Crippen molar-refractivity contribution in [2.24, 2.45) is 0 Å². The van der Waals surface area contributed by atoms with Crippen molar-refractivity contribution in [1.82, 2.24) is 0 Å². The molecule has 0 saturated carbocycles. The molecular formula is C14H14N. The Morgan fingerprint density at radius 2 is 1.53 bits per heavy atom. The second kappa shape index (κ2) is 4.65. The zero-order valence-electron chi connectivity index (χ0n) is 8.61. The topological polar surface area (TPSA) is 12.0 Å². The van der Waals surface area contributed by atoms with Crippen LogP contribution in [0.3, 0.4) is 0 Å². The van der Waals surface area contributed by atoms with E-state index in [0.29, 0.717) is 6.54 Å². The minimum atomic E-state index is 0.698. The number of nitrogens with one attached hydrogen (secondary N) is 1. The monoisotopic (exact) mass is 196 g/mol. The minimum Gasteiger partial charge on any atom is -0.385 e. The van der Waals surface area contributed by atoms with Crippen LogP contribution >= 0.6 is 0 Å². The van der Waals surface area contributed by atoms with E-state index in [1.54, 1.807) is 0 Å². The summed E-state index contributed by atoms with van der Waals surface area (Å²) in [6.45, 7) is 4.50. The SMILES string of the molecule is [CH2]CNc1ccccc1-c1ccccc1. The molecule has 0 aromatic heterocycles. The first-order chi connectivity index (χ1) is 7.42. The molecule has 0 heterocycles. The van der Waals surface area contributed by atoms with Crippen LogP contribution in [-0.2, 0) is 0 Å². The molecule has 0 spiro atoms. The standard InChI is InChI=1S/C14H14N/c1-2-15-14-11-7-6-10-13(14)12-8-4-3-5-9-12/h3-11,15H,1-2H2. The maximum absolute atomic E-state index is 3.80. The van der Waals surface area contributed by atoms with Gasteiger partial charge in [0.2, 0.25) is 0 Å². The molecule has 15 heavy (non-hydrogen) atoms. The van der Waals surface area contributed by atoms with Gasteiger partial charge in [-0.1, -0.05) is 48.5 Å². The Bertz CT molecular complexity index is 420. The summed E-state index contributed by atoms with van der Waals surface area (Å²) in [5, 5.41) is 3.26. The van der Waals surface area contributed by atoms with E-state index in [9.17, 15) is 0 Å². The van der Waals surface area contributed by atoms with Crippen molar-refractivity contribution in [2.75, 3.05) is 11.9 Å². The third-order valence-electron chi connectivity index (χ3n) is 2.33. The number of hydrogen-bond acceptors (Lipinski definition) is 1. The van der Waals surface area contributed by atoms with Crippen molar-refractivity contribution in [1.29, 1.82) is 0 Å². The third kappa shape index (κ3) is 2.18. The molecule has 1 heteroatoms. The quantitative estimate of drug-likeness (QED) is 0.790. The van der Waals surface area contributed by atoms with Crippen molar-refractivity contribution in [3.8, 4) is 11.1 Å². The molecule has 0 bridgehead atoms. The average Bonchev–Trinajstić information content (AvgIpc) is 2.31. The molecule has 0 aliphatic carbocycles. The molecule has 0 unspecified atom stereocenters. The van der Waals surface area contributed by atoms with E-state index in [2.05, 4.69) is 54.7 Å². The van der Waals surface area contributed by atoms with Crippen LogP contribution in [0.1, 0.15) is 0 Å². The Hall–Kier alpha value is -1.76. The summed E-state index contributed by atoms with van der Waals surface area (Å²) in [6.07, 6.45) is 0. The van der Waals surface area contributed by atoms with Crippen LogP contribution in [0, 0.1) is 6.92 Å². The molecule has 0 atom stereocenters.